The van der Waals surface area contributed by atoms with Crippen LogP contribution in [0.2, 0.25) is 0 Å². The SMILES string of the molecule is CC(C)(C)[S@@](=O)N[C@@](C)(CSC1CCO[C@H]1CC#N)c1cc([N+](=O)[O-])ccc1F. The topological polar surface area (TPSA) is 105 Å². The molecule has 29 heavy (non-hydrogen) atoms. The zero-order valence-corrected chi connectivity index (χ0v) is 18.6. The van der Waals surface area contributed by atoms with Crippen molar-refractivity contribution < 1.29 is 18.3 Å². The van der Waals surface area contributed by atoms with Crippen LogP contribution in [-0.4, -0.2) is 37.6 Å². The molecule has 0 radical (unpaired) electrons. The number of thioether (sulfide) groups is 1. The monoisotopic (exact) mass is 443 g/mol. The molecular formula is C19H26FN3O4S2. The van der Waals surface area contributed by atoms with Crippen LogP contribution in [0, 0.1) is 27.3 Å². The summed E-state index contributed by atoms with van der Waals surface area (Å²) in [4.78, 5) is 10.6. The summed E-state index contributed by atoms with van der Waals surface area (Å²) in [5.74, 6) is -0.295. The van der Waals surface area contributed by atoms with E-state index in [2.05, 4.69) is 10.8 Å². The summed E-state index contributed by atoms with van der Waals surface area (Å²) in [6, 6.07) is 5.48. The van der Waals surface area contributed by atoms with E-state index in [1.165, 1.54) is 17.8 Å². The van der Waals surface area contributed by atoms with E-state index >= 15 is 0 Å². The average molecular weight is 444 g/mol. The zero-order valence-electron chi connectivity index (χ0n) is 16.9. The van der Waals surface area contributed by atoms with Gasteiger partial charge in [-0.2, -0.15) is 17.0 Å². The Hall–Kier alpha value is -1.54. The molecule has 7 nitrogen and oxygen atoms in total. The minimum absolute atomic E-state index is 0.0422. The van der Waals surface area contributed by atoms with Crippen LogP contribution < -0.4 is 4.72 Å². The van der Waals surface area contributed by atoms with Crippen molar-refractivity contribution in [2.75, 3.05) is 12.4 Å². The van der Waals surface area contributed by atoms with E-state index in [-0.39, 0.29) is 29.0 Å². The van der Waals surface area contributed by atoms with Crippen LogP contribution in [0.25, 0.3) is 0 Å². The van der Waals surface area contributed by atoms with Gasteiger partial charge in [0.1, 0.15) is 5.82 Å². The molecule has 1 fully saturated rings. The lowest BCUT2D eigenvalue weighted by Gasteiger charge is -2.34. The van der Waals surface area contributed by atoms with Crippen LogP contribution in [-0.2, 0) is 21.3 Å². The molecule has 1 saturated heterocycles. The van der Waals surface area contributed by atoms with Crippen molar-refractivity contribution in [3.8, 4) is 6.07 Å². The van der Waals surface area contributed by atoms with E-state index in [1.54, 1.807) is 27.7 Å². The molecule has 0 aliphatic carbocycles. The lowest BCUT2D eigenvalue weighted by atomic mass is 9.94. The first-order chi connectivity index (χ1) is 13.5. The van der Waals surface area contributed by atoms with Gasteiger partial charge in [0.2, 0.25) is 0 Å². The smallest absolute Gasteiger partial charge is 0.269 e. The van der Waals surface area contributed by atoms with Gasteiger partial charge in [0.05, 0.1) is 44.8 Å². The van der Waals surface area contributed by atoms with Crippen molar-refractivity contribution in [1.82, 2.24) is 4.72 Å². The number of non-ortho nitro benzene ring substituents is 1. The molecule has 1 unspecified atom stereocenters. The van der Waals surface area contributed by atoms with Crippen LogP contribution in [0.3, 0.4) is 0 Å². The number of nitrogens with zero attached hydrogens (tertiary/aromatic N) is 2. The van der Waals surface area contributed by atoms with Gasteiger partial charge in [-0.15, -0.1) is 0 Å². The summed E-state index contributed by atoms with van der Waals surface area (Å²) in [6.45, 7) is 7.62. The quantitative estimate of drug-likeness (QED) is 0.484. The number of hydrogen-bond donors (Lipinski definition) is 1. The van der Waals surface area contributed by atoms with Crippen LogP contribution in [0.4, 0.5) is 10.1 Å². The van der Waals surface area contributed by atoms with E-state index in [9.17, 15) is 18.7 Å². The Morgan fingerprint density at radius 1 is 1.45 bits per heavy atom. The Bertz CT molecular complexity index is 825. The predicted molar refractivity (Wildman–Crippen MR) is 112 cm³/mol. The van der Waals surface area contributed by atoms with Gasteiger partial charge < -0.3 is 4.74 Å². The molecule has 10 heteroatoms. The third kappa shape index (κ3) is 5.98. The minimum atomic E-state index is -1.53. The van der Waals surface area contributed by atoms with Crippen molar-refractivity contribution in [3.63, 3.8) is 0 Å². The summed E-state index contributed by atoms with van der Waals surface area (Å²) in [5.41, 5.74) is -1.27. The number of hydrogen-bond acceptors (Lipinski definition) is 6. The molecule has 1 N–H and O–H groups in total. The molecule has 0 amide bonds. The van der Waals surface area contributed by atoms with Crippen LogP contribution in [0.15, 0.2) is 18.2 Å². The largest absolute Gasteiger partial charge is 0.376 e. The van der Waals surface area contributed by atoms with E-state index in [0.717, 1.165) is 18.6 Å². The molecule has 0 spiro atoms. The van der Waals surface area contributed by atoms with Crippen molar-refractivity contribution in [2.45, 2.75) is 62.2 Å². The molecule has 2 rings (SSSR count). The Kier molecular flexibility index (Phi) is 7.79. The number of nitro benzene ring substituents is 1. The maximum Gasteiger partial charge on any atom is 0.269 e. The highest BCUT2D eigenvalue weighted by Crippen LogP contribution is 2.36. The summed E-state index contributed by atoms with van der Waals surface area (Å²) in [5, 5.41) is 20.2. The molecule has 0 saturated carbocycles. The number of nitriles is 1. The summed E-state index contributed by atoms with van der Waals surface area (Å²) < 4.78 is 35.5. The normalized spacial score (nSPS) is 22.6. The van der Waals surface area contributed by atoms with Crippen LogP contribution in [0.5, 0.6) is 0 Å². The molecule has 160 valence electrons. The van der Waals surface area contributed by atoms with Gasteiger partial charge in [-0.1, -0.05) is 0 Å². The molecule has 1 aromatic rings. The molecule has 1 heterocycles. The molecule has 0 bridgehead atoms. The van der Waals surface area contributed by atoms with Crippen LogP contribution in [0.1, 0.15) is 46.1 Å². The lowest BCUT2D eigenvalue weighted by molar-refractivity contribution is -0.385. The van der Waals surface area contributed by atoms with Gasteiger partial charge in [-0.3, -0.25) is 10.1 Å². The number of nitrogens with one attached hydrogen (secondary N) is 1. The fraction of sp³-hybridized carbons (Fsp3) is 0.632. The standard InChI is InChI=1S/C19H26FN3O4S2/c1-18(2,3)29(26)22-19(4,12-28-17-8-10-27-16(17)7-9-21)14-11-13(23(24)25)5-6-15(14)20/h5-6,11,16-17,22H,7-8,10,12H2,1-4H3/t16-,17?,19-,29+/m0/s1. The molecular weight excluding hydrogens is 417 g/mol. The highest BCUT2D eigenvalue weighted by Gasteiger charge is 2.38. The Labute approximate surface area is 177 Å². The molecule has 1 aromatic carbocycles. The lowest BCUT2D eigenvalue weighted by Crippen LogP contribution is -2.48. The summed E-state index contributed by atoms with van der Waals surface area (Å²) in [7, 11) is -1.53. The highest BCUT2D eigenvalue weighted by molar-refractivity contribution is 8.00. The highest BCUT2D eigenvalue weighted by atomic mass is 32.2. The van der Waals surface area contributed by atoms with Crippen molar-refractivity contribution in [2.24, 2.45) is 0 Å². The fourth-order valence-electron chi connectivity index (χ4n) is 2.94. The Morgan fingerprint density at radius 2 is 2.14 bits per heavy atom. The summed E-state index contributed by atoms with van der Waals surface area (Å²) >= 11 is 1.50. The summed E-state index contributed by atoms with van der Waals surface area (Å²) in [6.07, 6.45) is 0.811. The maximum atomic E-state index is 14.7. The molecule has 1 aliphatic heterocycles. The van der Waals surface area contributed by atoms with E-state index in [0.29, 0.717) is 12.4 Å². The third-order valence-corrected chi connectivity index (χ3v) is 8.12. The van der Waals surface area contributed by atoms with Crippen LogP contribution >= 0.6 is 11.8 Å². The maximum absolute atomic E-state index is 14.7. The number of halogens is 1. The minimum Gasteiger partial charge on any atom is -0.376 e. The number of ether oxygens (including phenoxy) is 1. The second kappa shape index (κ2) is 9.51. The molecule has 4 atom stereocenters. The first-order valence-electron chi connectivity index (χ1n) is 9.22. The predicted octanol–water partition coefficient (Wildman–Crippen LogP) is 3.81. The Morgan fingerprint density at radius 3 is 2.72 bits per heavy atom. The van der Waals surface area contributed by atoms with Crippen molar-refractivity contribution in [1.29, 1.82) is 5.26 Å². The second-order valence-electron chi connectivity index (χ2n) is 8.15. The first-order valence-corrected chi connectivity index (χ1v) is 11.4. The average Bonchev–Trinajstić information content (AvgIpc) is 3.07. The second-order valence-corrected chi connectivity index (χ2v) is 11.3. The zero-order chi connectivity index (χ0) is 21.8. The van der Waals surface area contributed by atoms with Gasteiger partial charge in [0.25, 0.3) is 5.69 Å². The molecule has 0 aromatic heterocycles. The number of benzene rings is 1. The van der Waals surface area contributed by atoms with Gasteiger partial charge in [-0.05, 0) is 40.2 Å². The third-order valence-electron chi connectivity index (χ3n) is 4.66. The number of rotatable bonds is 8. The van der Waals surface area contributed by atoms with Gasteiger partial charge in [0.15, 0.2) is 0 Å². The van der Waals surface area contributed by atoms with E-state index in [4.69, 9.17) is 10.00 Å². The number of nitro groups is 1. The van der Waals surface area contributed by atoms with Gasteiger partial charge in [-0.25, -0.2) is 13.3 Å². The fourth-order valence-corrected chi connectivity index (χ4v) is 5.36. The van der Waals surface area contributed by atoms with E-state index < -0.39 is 32.0 Å². The Balaban J connectivity index is 2.36. The van der Waals surface area contributed by atoms with Gasteiger partial charge in [0, 0.05) is 35.3 Å². The van der Waals surface area contributed by atoms with Crippen molar-refractivity contribution >= 4 is 28.4 Å². The first kappa shape index (κ1) is 23.7. The van der Waals surface area contributed by atoms with E-state index in [1.807, 2.05) is 0 Å². The van der Waals surface area contributed by atoms with Crippen molar-refractivity contribution in [3.05, 3.63) is 39.7 Å². The molecule has 1 aliphatic rings. The van der Waals surface area contributed by atoms with Gasteiger partial charge >= 0.3 is 0 Å².